The summed E-state index contributed by atoms with van der Waals surface area (Å²) in [5.74, 6) is 0.757. The third-order valence-corrected chi connectivity index (χ3v) is 7.38. The average Bonchev–Trinajstić information content (AvgIpc) is 3.14. The number of fused-ring (bicyclic) bond motifs is 1. The molecule has 0 aliphatic carbocycles. The molecule has 8 nitrogen and oxygen atoms in total. The lowest BCUT2D eigenvalue weighted by Crippen LogP contribution is -2.32. The fourth-order valence-corrected chi connectivity index (χ4v) is 5.48. The molecule has 1 heterocycles. The Morgan fingerprint density at radius 3 is 2.44 bits per heavy atom. The van der Waals surface area contributed by atoms with Gasteiger partial charge in [0.25, 0.3) is 0 Å². The number of aromatic nitrogens is 1. The average molecular weight is 502 g/mol. The predicted molar refractivity (Wildman–Crippen MR) is 142 cm³/mol. The molecule has 0 radical (unpaired) electrons. The summed E-state index contributed by atoms with van der Waals surface area (Å²) in [6, 6.07) is 12.6. The summed E-state index contributed by atoms with van der Waals surface area (Å²) in [7, 11) is -0.0469. The van der Waals surface area contributed by atoms with Crippen molar-refractivity contribution in [3.63, 3.8) is 0 Å². The zero-order chi connectivity index (χ0) is 24.7. The molecule has 0 aliphatic heterocycles. The van der Waals surface area contributed by atoms with Gasteiger partial charge in [-0.3, -0.25) is 5.43 Å². The summed E-state index contributed by atoms with van der Waals surface area (Å²) < 4.78 is 35.1. The van der Waals surface area contributed by atoms with E-state index >= 15 is 0 Å². The van der Waals surface area contributed by atoms with Crippen molar-refractivity contribution in [1.82, 2.24) is 14.3 Å². The molecule has 3 aromatic rings. The summed E-state index contributed by atoms with van der Waals surface area (Å²) in [4.78, 5) is 0.285. The van der Waals surface area contributed by atoms with Crippen molar-refractivity contribution in [2.24, 2.45) is 12.1 Å². The molecule has 0 unspecified atom stereocenters. The van der Waals surface area contributed by atoms with Crippen molar-refractivity contribution in [3.8, 4) is 5.75 Å². The van der Waals surface area contributed by atoms with Gasteiger partial charge in [-0.05, 0) is 67.5 Å². The van der Waals surface area contributed by atoms with E-state index in [-0.39, 0.29) is 4.90 Å². The van der Waals surface area contributed by atoms with E-state index in [1.807, 2.05) is 62.0 Å². The van der Waals surface area contributed by atoms with Crippen LogP contribution in [0.5, 0.6) is 5.75 Å². The Kier molecular flexibility index (Phi) is 8.65. The van der Waals surface area contributed by atoms with Gasteiger partial charge >= 0.3 is 0 Å². The predicted octanol–water partition coefficient (Wildman–Crippen LogP) is 4.32. The zero-order valence-corrected chi connectivity index (χ0v) is 21.5. The quantitative estimate of drug-likeness (QED) is 0.244. The van der Waals surface area contributed by atoms with E-state index in [2.05, 4.69) is 15.8 Å². The summed E-state index contributed by atoms with van der Waals surface area (Å²) in [5.41, 5.74) is 5.30. The molecule has 0 aliphatic rings. The van der Waals surface area contributed by atoms with Crippen molar-refractivity contribution >= 4 is 50.2 Å². The molecule has 10 heteroatoms. The highest BCUT2D eigenvalue weighted by molar-refractivity contribution is 7.89. The number of hydrogen-bond acceptors (Lipinski definition) is 5. The number of rotatable bonds is 10. The van der Waals surface area contributed by atoms with E-state index in [0.29, 0.717) is 18.2 Å². The number of nitrogens with zero attached hydrogens (tertiary/aromatic N) is 3. The van der Waals surface area contributed by atoms with Crippen LogP contribution in [0, 0.1) is 0 Å². The molecule has 2 N–H and O–H groups in total. The standard InChI is InChI=1S/C24H31N5O3S2/c1-5-13-29(14-6-2)34(30,31)21-11-12-23-22(15-21)18(17-28(23)3)16-25-27-24(33)26-19-7-9-20(32-4)10-8-19/h7-12,15-17H,5-6,13-14H2,1-4H3,(H2,26,27,33)/b25-16+. The monoisotopic (exact) mass is 501 g/mol. The van der Waals surface area contributed by atoms with Crippen LogP contribution in [-0.4, -0.2) is 48.8 Å². The molecule has 0 spiro atoms. The molecule has 1 aromatic heterocycles. The van der Waals surface area contributed by atoms with Gasteiger partial charge in [0.2, 0.25) is 10.0 Å². The van der Waals surface area contributed by atoms with Crippen molar-refractivity contribution < 1.29 is 13.2 Å². The van der Waals surface area contributed by atoms with E-state index < -0.39 is 10.0 Å². The third kappa shape index (κ3) is 5.94. The van der Waals surface area contributed by atoms with Crippen LogP contribution in [0.4, 0.5) is 5.69 Å². The van der Waals surface area contributed by atoms with Gasteiger partial charge in [0.15, 0.2) is 5.11 Å². The Morgan fingerprint density at radius 2 is 1.82 bits per heavy atom. The van der Waals surface area contributed by atoms with Gasteiger partial charge in [-0.15, -0.1) is 0 Å². The van der Waals surface area contributed by atoms with Gasteiger partial charge in [0, 0.05) is 48.5 Å². The first-order valence-electron chi connectivity index (χ1n) is 11.1. The molecule has 0 saturated heterocycles. The fourth-order valence-electron chi connectivity index (χ4n) is 3.66. The highest BCUT2D eigenvalue weighted by Crippen LogP contribution is 2.25. The molecule has 0 amide bonds. The van der Waals surface area contributed by atoms with E-state index in [1.165, 1.54) is 0 Å². The number of benzene rings is 2. The molecule has 3 rings (SSSR count). The van der Waals surface area contributed by atoms with Crippen LogP contribution in [0.25, 0.3) is 10.9 Å². The van der Waals surface area contributed by atoms with Gasteiger partial charge in [0.1, 0.15) is 5.75 Å². The molecule has 2 aromatic carbocycles. The van der Waals surface area contributed by atoms with Crippen molar-refractivity contribution in [1.29, 1.82) is 0 Å². The molecule has 0 atom stereocenters. The second-order valence-corrected chi connectivity index (χ2v) is 10.2. The third-order valence-electron chi connectivity index (χ3n) is 5.29. The number of hydrazone groups is 1. The Morgan fingerprint density at radius 1 is 1.15 bits per heavy atom. The maximum Gasteiger partial charge on any atom is 0.243 e. The Hall–Kier alpha value is -2.95. The summed E-state index contributed by atoms with van der Waals surface area (Å²) in [6.07, 6.45) is 5.07. The first-order chi connectivity index (χ1) is 16.3. The molecular weight excluding hydrogens is 470 g/mol. The summed E-state index contributed by atoms with van der Waals surface area (Å²) >= 11 is 5.30. The highest BCUT2D eigenvalue weighted by atomic mass is 32.2. The molecule has 0 saturated carbocycles. The minimum absolute atomic E-state index is 0.285. The minimum atomic E-state index is -3.57. The number of hydrogen-bond donors (Lipinski definition) is 2. The Balaban J connectivity index is 1.79. The number of ether oxygens (including phenoxy) is 1. The first-order valence-corrected chi connectivity index (χ1v) is 13.0. The Bertz CT molecular complexity index is 1260. The largest absolute Gasteiger partial charge is 0.497 e. The SMILES string of the molecule is CCCN(CCC)S(=O)(=O)c1ccc2c(c1)c(/C=N/NC(=S)Nc1ccc(OC)cc1)cn2C. The maximum absolute atomic E-state index is 13.2. The van der Waals surface area contributed by atoms with Crippen LogP contribution >= 0.6 is 12.2 Å². The minimum Gasteiger partial charge on any atom is -0.497 e. The molecule has 34 heavy (non-hydrogen) atoms. The highest BCUT2D eigenvalue weighted by Gasteiger charge is 2.24. The summed E-state index contributed by atoms with van der Waals surface area (Å²) in [6.45, 7) is 4.96. The van der Waals surface area contributed by atoms with Crippen molar-refractivity contribution in [2.45, 2.75) is 31.6 Å². The van der Waals surface area contributed by atoms with Crippen LogP contribution in [-0.2, 0) is 17.1 Å². The maximum atomic E-state index is 13.2. The molecular formula is C24H31N5O3S2. The van der Waals surface area contributed by atoms with E-state index in [9.17, 15) is 8.42 Å². The topological polar surface area (TPSA) is 88.0 Å². The van der Waals surface area contributed by atoms with Crippen LogP contribution in [0.2, 0.25) is 0 Å². The van der Waals surface area contributed by atoms with E-state index in [4.69, 9.17) is 17.0 Å². The zero-order valence-electron chi connectivity index (χ0n) is 19.9. The van der Waals surface area contributed by atoms with Crippen molar-refractivity contribution in [2.75, 3.05) is 25.5 Å². The van der Waals surface area contributed by atoms with Crippen LogP contribution in [0.15, 0.2) is 58.7 Å². The molecule has 182 valence electrons. The summed E-state index contributed by atoms with van der Waals surface area (Å²) in [5, 5.41) is 8.43. The lowest BCUT2D eigenvalue weighted by molar-refractivity contribution is 0.410. The number of thiocarbonyl (C=S) groups is 1. The van der Waals surface area contributed by atoms with E-state index in [0.717, 1.165) is 40.7 Å². The second kappa shape index (κ2) is 11.5. The number of aryl methyl sites for hydroxylation is 1. The number of sulfonamides is 1. The van der Waals surface area contributed by atoms with Gasteiger partial charge in [-0.2, -0.15) is 9.41 Å². The number of anilines is 1. The second-order valence-electron chi connectivity index (χ2n) is 7.83. The molecule has 0 fully saturated rings. The lowest BCUT2D eigenvalue weighted by Gasteiger charge is -2.21. The van der Waals surface area contributed by atoms with Crippen LogP contribution < -0.4 is 15.5 Å². The first kappa shape index (κ1) is 25.7. The van der Waals surface area contributed by atoms with Gasteiger partial charge in [0.05, 0.1) is 18.2 Å². The van der Waals surface area contributed by atoms with Crippen LogP contribution in [0.1, 0.15) is 32.3 Å². The fraction of sp³-hybridized carbons (Fsp3) is 0.333. The molecule has 0 bridgehead atoms. The van der Waals surface area contributed by atoms with Gasteiger partial charge in [-0.1, -0.05) is 13.8 Å². The number of nitrogens with one attached hydrogen (secondary N) is 2. The van der Waals surface area contributed by atoms with Gasteiger partial charge in [-0.25, -0.2) is 8.42 Å². The van der Waals surface area contributed by atoms with Crippen molar-refractivity contribution in [3.05, 3.63) is 54.2 Å². The van der Waals surface area contributed by atoms with E-state index in [1.54, 1.807) is 29.8 Å². The lowest BCUT2D eigenvalue weighted by atomic mass is 10.2. The number of methoxy groups -OCH3 is 1. The Labute approximate surface area is 206 Å². The van der Waals surface area contributed by atoms with Gasteiger partial charge < -0.3 is 14.6 Å². The van der Waals surface area contributed by atoms with Crippen LogP contribution in [0.3, 0.4) is 0 Å². The smallest absolute Gasteiger partial charge is 0.243 e. The normalized spacial score (nSPS) is 11.9.